The van der Waals surface area contributed by atoms with Crippen LogP contribution in [0.5, 0.6) is 11.5 Å². The lowest BCUT2D eigenvalue weighted by atomic mass is 9.96. The van der Waals surface area contributed by atoms with E-state index in [9.17, 15) is 4.79 Å². The number of hydrogen-bond acceptors (Lipinski definition) is 4. The van der Waals surface area contributed by atoms with Crippen LogP contribution in [0.2, 0.25) is 0 Å². The Balaban J connectivity index is 1.73. The average Bonchev–Trinajstić information content (AvgIpc) is 2.56. The van der Waals surface area contributed by atoms with Crippen LogP contribution in [0.3, 0.4) is 0 Å². The molecule has 1 saturated heterocycles. The number of rotatable bonds is 8. The molecule has 0 aromatic heterocycles. The zero-order valence-electron chi connectivity index (χ0n) is 15.3. The summed E-state index contributed by atoms with van der Waals surface area (Å²) in [6, 6.07) is 7.96. The molecular formula is C19H30N2O3. The maximum atomic E-state index is 11.9. The minimum Gasteiger partial charge on any atom is -0.497 e. The number of benzene rings is 1. The molecule has 1 aromatic carbocycles. The zero-order valence-corrected chi connectivity index (χ0v) is 15.3. The number of hydrogen-bond donors (Lipinski definition) is 0. The van der Waals surface area contributed by atoms with Crippen molar-refractivity contribution in [1.29, 1.82) is 0 Å². The van der Waals surface area contributed by atoms with E-state index in [-0.39, 0.29) is 0 Å². The summed E-state index contributed by atoms with van der Waals surface area (Å²) in [7, 11) is 3.77. The van der Waals surface area contributed by atoms with Crippen molar-refractivity contribution >= 4 is 5.91 Å². The molecule has 1 amide bonds. The SMILES string of the molecule is COc1cccc(OCCN(C)CC2CCC(=O)N(C(C)C)C2)c1. The Labute approximate surface area is 145 Å². The van der Waals surface area contributed by atoms with Crippen LogP contribution >= 0.6 is 0 Å². The highest BCUT2D eigenvalue weighted by molar-refractivity contribution is 5.77. The van der Waals surface area contributed by atoms with E-state index in [1.54, 1.807) is 7.11 Å². The molecule has 0 spiro atoms. The zero-order chi connectivity index (χ0) is 17.5. The lowest BCUT2D eigenvalue weighted by molar-refractivity contribution is -0.136. The maximum Gasteiger partial charge on any atom is 0.222 e. The first-order valence-electron chi connectivity index (χ1n) is 8.74. The molecule has 5 heteroatoms. The van der Waals surface area contributed by atoms with Gasteiger partial charge in [-0.1, -0.05) is 6.07 Å². The van der Waals surface area contributed by atoms with E-state index in [1.807, 2.05) is 29.2 Å². The molecule has 0 aliphatic carbocycles. The summed E-state index contributed by atoms with van der Waals surface area (Å²) < 4.78 is 11.0. The standard InChI is InChI=1S/C19H30N2O3/c1-15(2)21-14-16(8-9-19(21)22)13-20(3)10-11-24-18-7-5-6-17(12-18)23-4/h5-7,12,15-16H,8-11,13-14H2,1-4H3. The van der Waals surface area contributed by atoms with Crippen molar-refractivity contribution in [3.05, 3.63) is 24.3 Å². The fourth-order valence-corrected chi connectivity index (χ4v) is 3.13. The van der Waals surface area contributed by atoms with Crippen LogP contribution in [0.4, 0.5) is 0 Å². The highest BCUT2D eigenvalue weighted by Gasteiger charge is 2.27. The van der Waals surface area contributed by atoms with Crippen molar-refractivity contribution in [2.45, 2.75) is 32.7 Å². The summed E-state index contributed by atoms with van der Waals surface area (Å²) in [6.45, 7) is 7.56. The second kappa shape index (κ2) is 8.92. The van der Waals surface area contributed by atoms with Gasteiger partial charge in [0.2, 0.25) is 5.91 Å². The van der Waals surface area contributed by atoms with Crippen molar-refractivity contribution in [2.75, 3.05) is 40.4 Å². The molecule has 0 saturated carbocycles. The number of piperidine rings is 1. The third-order valence-corrected chi connectivity index (χ3v) is 4.52. The number of nitrogens with zero attached hydrogens (tertiary/aromatic N) is 2. The summed E-state index contributed by atoms with van der Waals surface area (Å²) >= 11 is 0. The number of likely N-dealkylation sites (tertiary alicyclic amines) is 1. The molecule has 134 valence electrons. The van der Waals surface area contributed by atoms with Gasteiger partial charge in [0, 0.05) is 38.2 Å². The summed E-state index contributed by atoms with van der Waals surface area (Å²) in [4.78, 5) is 16.2. The molecule has 1 fully saturated rings. The largest absolute Gasteiger partial charge is 0.497 e. The summed E-state index contributed by atoms with van der Waals surface area (Å²) in [5.74, 6) is 2.48. The molecular weight excluding hydrogens is 304 g/mol. The van der Waals surface area contributed by atoms with Crippen LogP contribution in [-0.2, 0) is 4.79 Å². The molecule has 1 aromatic rings. The predicted octanol–water partition coefficient (Wildman–Crippen LogP) is 2.65. The second-order valence-electron chi connectivity index (χ2n) is 6.83. The highest BCUT2D eigenvalue weighted by atomic mass is 16.5. The van der Waals surface area contributed by atoms with E-state index >= 15 is 0 Å². The van der Waals surface area contributed by atoms with Crippen LogP contribution in [0, 0.1) is 5.92 Å². The molecule has 1 unspecified atom stereocenters. The topological polar surface area (TPSA) is 42.0 Å². The van der Waals surface area contributed by atoms with E-state index in [0.29, 0.717) is 30.9 Å². The molecule has 2 rings (SSSR count). The number of amides is 1. The lowest BCUT2D eigenvalue weighted by Gasteiger charge is -2.37. The highest BCUT2D eigenvalue weighted by Crippen LogP contribution is 2.21. The van der Waals surface area contributed by atoms with Gasteiger partial charge in [-0.25, -0.2) is 0 Å². The fourth-order valence-electron chi connectivity index (χ4n) is 3.13. The minimum absolute atomic E-state index is 0.294. The van der Waals surface area contributed by atoms with Crippen molar-refractivity contribution in [3.63, 3.8) is 0 Å². The van der Waals surface area contributed by atoms with Gasteiger partial charge in [-0.3, -0.25) is 4.79 Å². The van der Waals surface area contributed by atoms with Gasteiger partial charge < -0.3 is 19.3 Å². The fraction of sp³-hybridized carbons (Fsp3) is 0.632. The van der Waals surface area contributed by atoms with Crippen LogP contribution < -0.4 is 9.47 Å². The molecule has 0 bridgehead atoms. The summed E-state index contributed by atoms with van der Waals surface area (Å²) in [5.41, 5.74) is 0. The predicted molar refractivity (Wildman–Crippen MR) is 95.6 cm³/mol. The van der Waals surface area contributed by atoms with Gasteiger partial charge in [-0.05, 0) is 45.4 Å². The Morgan fingerprint density at radius 3 is 2.79 bits per heavy atom. The Bertz CT molecular complexity index is 533. The molecule has 0 N–H and O–H groups in total. The molecule has 1 atom stereocenters. The van der Waals surface area contributed by atoms with Crippen molar-refractivity contribution in [1.82, 2.24) is 9.80 Å². The number of methoxy groups -OCH3 is 1. The number of likely N-dealkylation sites (N-methyl/N-ethyl adjacent to an activating group) is 1. The van der Waals surface area contributed by atoms with E-state index < -0.39 is 0 Å². The first-order chi connectivity index (χ1) is 11.5. The van der Waals surface area contributed by atoms with Gasteiger partial charge in [-0.2, -0.15) is 0 Å². The number of carbonyl (C=O) groups excluding carboxylic acids is 1. The monoisotopic (exact) mass is 334 g/mol. The van der Waals surface area contributed by atoms with Gasteiger partial charge in [0.25, 0.3) is 0 Å². The van der Waals surface area contributed by atoms with Crippen LogP contribution in [0.1, 0.15) is 26.7 Å². The Kier molecular flexibility index (Phi) is 6.91. The van der Waals surface area contributed by atoms with Gasteiger partial charge >= 0.3 is 0 Å². The van der Waals surface area contributed by atoms with Gasteiger partial charge in [0.05, 0.1) is 7.11 Å². The first kappa shape index (κ1) is 18.6. The molecule has 5 nitrogen and oxygen atoms in total. The number of carbonyl (C=O) groups is 1. The summed E-state index contributed by atoms with van der Waals surface area (Å²) in [5, 5.41) is 0. The van der Waals surface area contributed by atoms with Gasteiger partial charge in [-0.15, -0.1) is 0 Å². The molecule has 1 heterocycles. The minimum atomic E-state index is 0.294. The maximum absolute atomic E-state index is 11.9. The Morgan fingerprint density at radius 1 is 1.33 bits per heavy atom. The number of ether oxygens (including phenoxy) is 2. The van der Waals surface area contributed by atoms with Crippen LogP contribution in [0.15, 0.2) is 24.3 Å². The van der Waals surface area contributed by atoms with Crippen LogP contribution in [0.25, 0.3) is 0 Å². The molecule has 24 heavy (non-hydrogen) atoms. The van der Waals surface area contributed by atoms with Crippen molar-refractivity contribution in [3.8, 4) is 11.5 Å². The van der Waals surface area contributed by atoms with E-state index in [4.69, 9.17) is 9.47 Å². The van der Waals surface area contributed by atoms with Crippen molar-refractivity contribution < 1.29 is 14.3 Å². The molecule has 0 radical (unpaired) electrons. The normalized spacial score (nSPS) is 18.3. The Hall–Kier alpha value is -1.75. The third kappa shape index (κ3) is 5.41. The van der Waals surface area contributed by atoms with E-state index in [2.05, 4.69) is 25.8 Å². The van der Waals surface area contributed by atoms with Crippen molar-refractivity contribution in [2.24, 2.45) is 5.92 Å². The second-order valence-corrected chi connectivity index (χ2v) is 6.83. The van der Waals surface area contributed by atoms with Gasteiger partial charge in [0.15, 0.2) is 0 Å². The molecule has 1 aliphatic heterocycles. The quantitative estimate of drug-likeness (QED) is 0.733. The first-order valence-corrected chi connectivity index (χ1v) is 8.74. The smallest absolute Gasteiger partial charge is 0.222 e. The average molecular weight is 334 g/mol. The lowest BCUT2D eigenvalue weighted by Crippen LogP contribution is -2.46. The Morgan fingerprint density at radius 2 is 2.08 bits per heavy atom. The third-order valence-electron chi connectivity index (χ3n) is 4.52. The van der Waals surface area contributed by atoms with Crippen LogP contribution in [-0.4, -0.2) is 62.1 Å². The summed E-state index contributed by atoms with van der Waals surface area (Å²) in [6.07, 6.45) is 1.67. The van der Waals surface area contributed by atoms with Gasteiger partial charge in [0.1, 0.15) is 18.1 Å². The van der Waals surface area contributed by atoms with E-state index in [0.717, 1.165) is 37.6 Å². The van der Waals surface area contributed by atoms with E-state index in [1.165, 1.54) is 0 Å². The molecule has 1 aliphatic rings.